The molecule has 5 nitrogen and oxygen atoms in total. The zero-order valence-electron chi connectivity index (χ0n) is 20.2. The van der Waals surface area contributed by atoms with Gasteiger partial charge in [-0.25, -0.2) is 4.98 Å². The number of para-hydroxylation sites is 2. The second-order valence-corrected chi connectivity index (χ2v) is 10.6. The van der Waals surface area contributed by atoms with Gasteiger partial charge in [0.15, 0.2) is 0 Å². The number of nitrogens with one attached hydrogen (secondary N) is 1. The summed E-state index contributed by atoms with van der Waals surface area (Å²) in [6.07, 6.45) is 1.91. The number of anilines is 1. The maximum atomic E-state index is 13.1. The van der Waals surface area contributed by atoms with Crippen molar-refractivity contribution in [3.05, 3.63) is 88.7 Å². The molecule has 1 atom stereocenters. The molecule has 1 fully saturated rings. The summed E-state index contributed by atoms with van der Waals surface area (Å²) in [4.78, 5) is 20.4. The number of likely N-dealkylation sites (tertiary alicyclic amines) is 1. The SMILES string of the molecule is CC(C)c1ccc(NC(=O)[C@@H]2CCCN(Cc3nc4ccccc4n3-c3cccc(Br)c3)C2)cc1. The molecule has 1 aliphatic rings. The lowest BCUT2D eigenvalue weighted by Gasteiger charge is -2.31. The van der Waals surface area contributed by atoms with Crippen LogP contribution in [0.4, 0.5) is 5.69 Å². The average molecular weight is 531 g/mol. The van der Waals surface area contributed by atoms with E-state index in [1.807, 2.05) is 30.3 Å². The molecule has 0 spiro atoms. The van der Waals surface area contributed by atoms with E-state index in [4.69, 9.17) is 4.98 Å². The number of fused-ring (bicyclic) bond motifs is 1. The van der Waals surface area contributed by atoms with Crippen molar-refractivity contribution in [3.8, 4) is 5.69 Å². The molecule has 5 rings (SSSR count). The third-order valence-electron chi connectivity index (χ3n) is 6.78. The predicted octanol–water partition coefficient (Wildman–Crippen LogP) is 6.76. The Labute approximate surface area is 215 Å². The average Bonchev–Trinajstić information content (AvgIpc) is 3.22. The third-order valence-corrected chi connectivity index (χ3v) is 7.28. The summed E-state index contributed by atoms with van der Waals surface area (Å²) in [7, 11) is 0. The van der Waals surface area contributed by atoms with E-state index in [1.165, 1.54) is 5.56 Å². The first-order valence-electron chi connectivity index (χ1n) is 12.3. The van der Waals surface area contributed by atoms with Gasteiger partial charge in [-0.3, -0.25) is 14.3 Å². The minimum absolute atomic E-state index is 0.0303. The van der Waals surface area contributed by atoms with Gasteiger partial charge < -0.3 is 5.32 Å². The zero-order chi connectivity index (χ0) is 24.4. The molecule has 4 aromatic rings. The van der Waals surface area contributed by atoms with Crippen molar-refractivity contribution in [2.75, 3.05) is 18.4 Å². The normalized spacial score (nSPS) is 16.6. The molecule has 2 heterocycles. The van der Waals surface area contributed by atoms with Gasteiger partial charge in [-0.1, -0.05) is 60.1 Å². The third kappa shape index (κ3) is 5.34. The fourth-order valence-electron chi connectivity index (χ4n) is 4.89. The molecule has 0 saturated carbocycles. The summed E-state index contributed by atoms with van der Waals surface area (Å²) in [5.41, 5.74) is 5.31. The maximum absolute atomic E-state index is 13.1. The van der Waals surface area contributed by atoms with Crippen LogP contribution in [0.1, 0.15) is 44.0 Å². The van der Waals surface area contributed by atoms with Gasteiger partial charge in [0, 0.05) is 22.4 Å². The lowest BCUT2D eigenvalue weighted by atomic mass is 9.97. The van der Waals surface area contributed by atoms with Gasteiger partial charge in [0.1, 0.15) is 5.82 Å². The number of carbonyl (C=O) groups is 1. The number of rotatable bonds is 6. The number of hydrogen-bond donors (Lipinski definition) is 1. The molecular weight excluding hydrogens is 500 g/mol. The van der Waals surface area contributed by atoms with Gasteiger partial charge in [-0.05, 0) is 73.3 Å². The lowest BCUT2D eigenvalue weighted by Crippen LogP contribution is -2.40. The number of amides is 1. The van der Waals surface area contributed by atoms with E-state index in [0.717, 1.165) is 58.6 Å². The van der Waals surface area contributed by atoms with Gasteiger partial charge >= 0.3 is 0 Å². The van der Waals surface area contributed by atoms with Crippen LogP contribution in [0.5, 0.6) is 0 Å². The van der Waals surface area contributed by atoms with E-state index >= 15 is 0 Å². The predicted molar refractivity (Wildman–Crippen MR) is 146 cm³/mol. The highest BCUT2D eigenvalue weighted by molar-refractivity contribution is 9.10. The van der Waals surface area contributed by atoms with Crippen molar-refractivity contribution in [2.24, 2.45) is 5.92 Å². The molecule has 3 aromatic carbocycles. The zero-order valence-corrected chi connectivity index (χ0v) is 21.8. The Balaban J connectivity index is 1.33. The fourth-order valence-corrected chi connectivity index (χ4v) is 5.28. The van der Waals surface area contributed by atoms with Crippen LogP contribution >= 0.6 is 15.9 Å². The smallest absolute Gasteiger partial charge is 0.228 e. The van der Waals surface area contributed by atoms with Gasteiger partial charge in [-0.15, -0.1) is 0 Å². The number of carbonyl (C=O) groups excluding carboxylic acids is 1. The standard InChI is InChI=1S/C29H31BrN4O/c1-20(2)21-12-14-24(15-13-21)31-29(35)22-7-6-16-33(18-22)19-28-32-26-10-3-4-11-27(26)34(28)25-9-5-8-23(30)17-25/h3-5,8-15,17,20,22H,6-7,16,18-19H2,1-2H3,(H,31,35)/t22-/m1/s1. The minimum atomic E-state index is -0.0303. The second kappa shape index (κ2) is 10.3. The maximum Gasteiger partial charge on any atom is 0.228 e. The van der Waals surface area contributed by atoms with Crippen LogP contribution < -0.4 is 5.32 Å². The van der Waals surface area contributed by atoms with Crippen molar-refractivity contribution in [1.82, 2.24) is 14.5 Å². The molecule has 180 valence electrons. The van der Waals surface area contributed by atoms with Crippen LogP contribution in [-0.4, -0.2) is 33.4 Å². The number of halogens is 1. The molecule has 0 bridgehead atoms. The van der Waals surface area contributed by atoms with Crippen LogP contribution in [0, 0.1) is 5.92 Å². The monoisotopic (exact) mass is 530 g/mol. The Morgan fingerprint density at radius 2 is 1.89 bits per heavy atom. The largest absolute Gasteiger partial charge is 0.326 e. The Hall–Kier alpha value is -2.96. The van der Waals surface area contributed by atoms with Crippen LogP contribution in [0.3, 0.4) is 0 Å². The summed E-state index contributed by atoms with van der Waals surface area (Å²) in [6.45, 7) is 6.75. The summed E-state index contributed by atoms with van der Waals surface area (Å²) in [5.74, 6) is 1.55. The van der Waals surface area contributed by atoms with Crippen molar-refractivity contribution in [2.45, 2.75) is 39.2 Å². The first-order chi connectivity index (χ1) is 17.0. The number of hydrogen-bond acceptors (Lipinski definition) is 3. The summed E-state index contributed by atoms with van der Waals surface area (Å²) in [6, 6.07) is 24.8. The van der Waals surface area contributed by atoms with Gasteiger partial charge in [0.2, 0.25) is 5.91 Å². The highest BCUT2D eigenvalue weighted by Crippen LogP contribution is 2.27. The van der Waals surface area contributed by atoms with Crippen LogP contribution in [0.25, 0.3) is 16.7 Å². The molecule has 6 heteroatoms. The first kappa shape index (κ1) is 23.8. The van der Waals surface area contributed by atoms with Gasteiger partial charge in [0.25, 0.3) is 0 Å². The number of benzene rings is 3. The van der Waals surface area contributed by atoms with Gasteiger partial charge in [0.05, 0.1) is 23.5 Å². The highest BCUT2D eigenvalue weighted by Gasteiger charge is 2.27. The molecule has 1 aliphatic heterocycles. The fraction of sp³-hybridized carbons (Fsp3) is 0.310. The summed E-state index contributed by atoms with van der Waals surface area (Å²) < 4.78 is 3.27. The van der Waals surface area contributed by atoms with Crippen LogP contribution in [0.15, 0.2) is 77.3 Å². The minimum Gasteiger partial charge on any atom is -0.326 e. The quantitative estimate of drug-likeness (QED) is 0.299. The Morgan fingerprint density at radius 3 is 2.66 bits per heavy atom. The van der Waals surface area contributed by atoms with Crippen molar-refractivity contribution in [1.29, 1.82) is 0 Å². The first-order valence-corrected chi connectivity index (χ1v) is 13.1. The molecule has 1 aromatic heterocycles. The molecular formula is C29H31BrN4O. The second-order valence-electron chi connectivity index (χ2n) is 9.67. The molecule has 0 aliphatic carbocycles. The molecule has 1 saturated heterocycles. The lowest BCUT2D eigenvalue weighted by molar-refractivity contribution is -0.121. The Bertz CT molecular complexity index is 1330. The summed E-state index contributed by atoms with van der Waals surface area (Å²) in [5, 5.41) is 3.14. The number of imidazole rings is 1. The Kier molecular flexibility index (Phi) is 7.02. The van der Waals surface area contributed by atoms with Crippen LogP contribution in [0.2, 0.25) is 0 Å². The van der Waals surface area contributed by atoms with Crippen LogP contribution in [-0.2, 0) is 11.3 Å². The van der Waals surface area contributed by atoms with Crippen molar-refractivity contribution >= 4 is 38.6 Å². The number of nitrogens with zero attached hydrogens (tertiary/aromatic N) is 3. The van der Waals surface area contributed by atoms with E-state index in [-0.39, 0.29) is 11.8 Å². The molecule has 1 amide bonds. The Morgan fingerprint density at radius 1 is 1.09 bits per heavy atom. The molecule has 0 unspecified atom stereocenters. The molecule has 0 radical (unpaired) electrons. The highest BCUT2D eigenvalue weighted by atomic mass is 79.9. The van der Waals surface area contributed by atoms with E-state index in [2.05, 4.69) is 87.0 Å². The van der Waals surface area contributed by atoms with E-state index in [9.17, 15) is 4.79 Å². The molecule has 35 heavy (non-hydrogen) atoms. The number of piperidine rings is 1. The van der Waals surface area contributed by atoms with Crippen molar-refractivity contribution in [3.63, 3.8) is 0 Å². The topological polar surface area (TPSA) is 50.2 Å². The van der Waals surface area contributed by atoms with E-state index in [0.29, 0.717) is 12.5 Å². The van der Waals surface area contributed by atoms with E-state index in [1.54, 1.807) is 0 Å². The summed E-state index contributed by atoms with van der Waals surface area (Å²) >= 11 is 3.61. The molecule has 1 N–H and O–H groups in total. The van der Waals surface area contributed by atoms with Gasteiger partial charge in [-0.2, -0.15) is 0 Å². The van der Waals surface area contributed by atoms with Crippen molar-refractivity contribution < 1.29 is 4.79 Å². The van der Waals surface area contributed by atoms with E-state index < -0.39 is 0 Å². The number of aromatic nitrogens is 2.